The maximum absolute atomic E-state index is 14.8. The van der Waals surface area contributed by atoms with Crippen molar-refractivity contribution in [3.05, 3.63) is 54.2 Å². The van der Waals surface area contributed by atoms with Gasteiger partial charge in [-0.25, -0.2) is 34.1 Å². The Balaban J connectivity index is 0.00000158. The number of methoxy groups -OCH3 is 1. The van der Waals surface area contributed by atoms with Gasteiger partial charge < -0.3 is 19.1 Å². The standard InChI is InChI=1S/C26H24FN7O4S.C2H6.HI/c1-14-7-16(23-19(8-14)32-22(36-4)13-28-23)24-33-18-9-17(27)20(10-21(18)39-24)37-5-6-38-26(35)31-15-11-29-25(30-12-15)34(2)3;1-2;/h7-13H,5-6H2,1-4H3,(H,31,35);1-2H3;1H. The molecule has 0 unspecified atom stereocenters. The van der Waals surface area contributed by atoms with Crippen LogP contribution < -0.4 is 19.7 Å². The topological polar surface area (TPSA) is 124 Å². The average Bonchev–Trinajstić information content (AvgIpc) is 3.38. The van der Waals surface area contributed by atoms with Crippen LogP contribution in [-0.2, 0) is 4.74 Å². The molecule has 11 nitrogen and oxygen atoms in total. The van der Waals surface area contributed by atoms with Gasteiger partial charge in [-0.2, -0.15) is 0 Å². The summed E-state index contributed by atoms with van der Waals surface area (Å²) in [5.74, 6) is 0.394. The van der Waals surface area contributed by atoms with Crippen LogP contribution in [0.4, 0.5) is 20.8 Å². The van der Waals surface area contributed by atoms with Gasteiger partial charge in [-0.1, -0.05) is 13.8 Å². The minimum atomic E-state index is -0.700. The van der Waals surface area contributed by atoms with Gasteiger partial charge in [0.1, 0.15) is 18.2 Å². The first-order chi connectivity index (χ1) is 19.8. The van der Waals surface area contributed by atoms with Crippen LogP contribution in [0.25, 0.3) is 31.8 Å². The number of anilines is 2. The molecule has 0 aliphatic rings. The van der Waals surface area contributed by atoms with E-state index in [1.165, 1.54) is 36.9 Å². The van der Waals surface area contributed by atoms with E-state index in [-0.39, 0.29) is 42.9 Å². The van der Waals surface area contributed by atoms with Gasteiger partial charge in [0.25, 0.3) is 0 Å². The van der Waals surface area contributed by atoms with Crippen molar-refractivity contribution in [2.45, 2.75) is 20.8 Å². The molecule has 0 radical (unpaired) electrons. The largest absolute Gasteiger partial charge is 0.487 e. The van der Waals surface area contributed by atoms with Crippen LogP contribution in [-0.4, -0.2) is 65.4 Å². The third kappa shape index (κ3) is 7.67. The molecule has 0 saturated carbocycles. The van der Waals surface area contributed by atoms with Gasteiger partial charge in [0, 0.05) is 31.8 Å². The number of nitrogens with zero attached hydrogens (tertiary/aromatic N) is 6. The number of benzene rings is 2. The molecule has 0 aliphatic heterocycles. The summed E-state index contributed by atoms with van der Waals surface area (Å²) < 4.78 is 31.3. The molecule has 1 N–H and O–H groups in total. The van der Waals surface area contributed by atoms with Gasteiger partial charge in [0.2, 0.25) is 11.8 Å². The summed E-state index contributed by atoms with van der Waals surface area (Å²) in [6.45, 7) is 5.82. The zero-order chi connectivity index (χ0) is 29.5. The van der Waals surface area contributed by atoms with E-state index >= 15 is 0 Å². The Morgan fingerprint density at radius 1 is 1.00 bits per heavy atom. The highest BCUT2D eigenvalue weighted by atomic mass is 127. The number of carbonyl (C=O) groups is 1. The molecule has 0 aliphatic carbocycles. The normalized spacial score (nSPS) is 10.4. The Labute approximate surface area is 263 Å². The Morgan fingerprint density at radius 3 is 2.43 bits per heavy atom. The summed E-state index contributed by atoms with van der Waals surface area (Å²) in [5.41, 5.74) is 4.01. The number of thiazole rings is 1. The lowest BCUT2D eigenvalue weighted by Gasteiger charge is -2.11. The minimum absolute atomic E-state index is 0. The van der Waals surface area contributed by atoms with Crippen LogP contribution >= 0.6 is 35.3 Å². The van der Waals surface area contributed by atoms with Crippen LogP contribution in [0.5, 0.6) is 11.6 Å². The predicted molar refractivity (Wildman–Crippen MR) is 173 cm³/mol. The smallest absolute Gasteiger partial charge is 0.411 e. The second-order valence-corrected chi connectivity index (χ2v) is 9.67. The van der Waals surface area contributed by atoms with E-state index in [1.54, 1.807) is 17.2 Å². The lowest BCUT2D eigenvalue weighted by Crippen LogP contribution is -2.18. The van der Waals surface area contributed by atoms with Crippen LogP contribution in [0, 0.1) is 12.7 Å². The van der Waals surface area contributed by atoms with Crippen LogP contribution in [0.1, 0.15) is 19.4 Å². The fourth-order valence-electron chi connectivity index (χ4n) is 3.72. The highest BCUT2D eigenvalue weighted by Gasteiger charge is 2.16. The summed E-state index contributed by atoms with van der Waals surface area (Å²) in [4.78, 5) is 35.6. The number of ether oxygens (including phenoxy) is 3. The molecule has 2 aromatic carbocycles. The average molecular weight is 708 g/mol. The summed E-state index contributed by atoms with van der Waals surface area (Å²) in [5, 5.41) is 3.20. The van der Waals surface area contributed by atoms with E-state index in [4.69, 9.17) is 14.2 Å². The number of carbonyl (C=O) groups excluding carboxylic acids is 1. The summed E-state index contributed by atoms with van der Waals surface area (Å²) in [6, 6.07) is 6.80. The lowest BCUT2D eigenvalue weighted by molar-refractivity contribution is 0.136. The van der Waals surface area contributed by atoms with Gasteiger partial charge in [-0.3, -0.25) is 5.32 Å². The maximum atomic E-state index is 14.8. The van der Waals surface area contributed by atoms with Crippen molar-refractivity contribution in [1.29, 1.82) is 0 Å². The molecule has 5 rings (SSSR count). The van der Waals surface area contributed by atoms with Gasteiger partial charge >= 0.3 is 6.09 Å². The van der Waals surface area contributed by atoms with Gasteiger partial charge in [0.05, 0.1) is 52.6 Å². The van der Waals surface area contributed by atoms with E-state index in [0.29, 0.717) is 39.1 Å². The van der Waals surface area contributed by atoms with Crippen molar-refractivity contribution in [3.63, 3.8) is 0 Å². The SMILES string of the molecule is CC.COc1cnc2c(-c3nc4cc(F)c(OCCOC(=O)Nc5cnc(N(C)C)nc5)cc4s3)cc(C)cc2n1.I. The maximum Gasteiger partial charge on any atom is 0.411 e. The number of amides is 1. The molecule has 42 heavy (non-hydrogen) atoms. The monoisotopic (exact) mass is 707 g/mol. The quantitative estimate of drug-likeness (QED) is 0.141. The second-order valence-electron chi connectivity index (χ2n) is 8.64. The van der Waals surface area contributed by atoms with E-state index in [0.717, 1.165) is 15.8 Å². The Hall–Kier alpha value is -3.92. The van der Waals surface area contributed by atoms with Crippen LogP contribution in [0.3, 0.4) is 0 Å². The van der Waals surface area contributed by atoms with Crippen LogP contribution in [0.15, 0.2) is 42.9 Å². The zero-order valence-corrected chi connectivity index (χ0v) is 27.1. The van der Waals surface area contributed by atoms with Crippen molar-refractivity contribution >= 4 is 74.3 Å². The highest BCUT2D eigenvalue weighted by molar-refractivity contribution is 14.0. The molecule has 222 valence electrons. The molecular formula is C28H31FIN7O4S. The Kier molecular flexibility index (Phi) is 11.5. The van der Waals surface area contributed by atoms with Crippen molar-refractivity contribution < 1.29 is 23.4 Å². The lowest BCUT2D eigenvalue weighted by atomic mass is 10.1. The predicted octanol–water partition coefficient (Wildman–Crippen LogP) is 6.49. The summed E-state index contributed by atoms with van der Waals surface area (Å²) >= 11 is 1.39. The Morgan fingerprint density at radius 2 is 1.74 bits per heavy atom. The molecule has 0 bridgehead atoms. The molecule has 0 spiro atoms. The molecule has 3 aromatic heterocycles. The molecule has 0 fully saturated rings. The third-order valence-corrected chi connectivity index (χ3v) is 6.56. The van der Waals surface area contributed by atoms with E-state index in [9.17, 15) is 9.18 Å². The van der Waals surface area contributed by atoms with Crippen molar-refractivity contribution in [2.24, 2.45) is 0 Å². The minimum Gasteiger partial charge on any atom is -0.487 e. The van der Waals surface area contributed by atoms with Crippen LogP contribution in [0.2, 0.25) is 0 Å². The molecule has 0 saturated heterocycles. The van der Waals surface area contributed by atoms with Gasteiger partial charge in [0.15, 0.2) is 11.6 Å². The first-order valence-corrected chi connectivity index (χ1v) is 13.6. The zero-order valence-electron chi connectivity index (χ0n) is 24.0. The summed E-state index contributed by atoms with van der Waals surface area (Å²) in [7, 11) is 5.16. The number of halogens is 2. The fraction of sp³-hybridized carbons (Fsp3) is 0.286. The first-order valence-electron chi connectivity index (χ1n) is 12.8. The molecule has 1 amide bonds. The number of hydrogen-bond donors (Lipinski definition) is 1. The summed E-state index contributed by atoms with van der Waals surface area (Å²) in [6.07, 6.45) is 3.79. The van der Waals surface area contributed by atoms with Crippen molar-refractivity contribution in [2.75, 3.05) is 44.6 Å². The van der Waals surface area contributed by atoms with Gasteiger partial charge in [-0.05, 0) is 24.6 Å². The number of aryl methyl sites for hydroxylation is 1. The van der Waals surface area contributed by atoms with E-state index < -0.39 is 11.9 Å². The molecule has 3 heterocycles. The second kappa shape index (κ2) is 14.8. The van der Waals surface area contributed by atoms with Crippen molar-refractivity contribution in [1.82, 2.24) is 24.9 Å². The third-order valence-electron chi connectivity index (χ3n) is 5.51. The van der Waals surface area contributed by atoms with E-state index in [2.05, 4.69) is 30.2 Å². The number of aromatic nitrogens is 5. The fourth-order valence-corrected chi connectivity index (χ4v) is 4.71. The highest BCUT2D eigenvalue weighted by Crippen LogP contribution is 2.37. The first kappa shape index (κ1) is 32.6. The molecular weight excluding hydrogens is 676 g/mol. The molecule has 5 aromatic rings. The number of fused-ring (bicyclic) bond motifs is 2. The van der Waals surface area contributed by atoms with Gasteiger partial charge in [-0.15, -0.1) is 35.3 Å². The Bertz CT molecular complexity index is 1670. The molecule has 14 heteroatoms. The van der Waals surface area contributed by atoms with Crippen molar-refractivity contribution in [3.8, 4) is 22.2 Å². The molecule has 0 atom stereocenters. The number of hydrogen-bond acceptors (Lipinski definition) is 11. The number of nitrogens with one attached hydrogen (secondary N) is 1. The van der Waals surface area contributed by atoms with E-state index in [1.807, 2.05) is 47.0 Å². The number of rotatable bonds is 8.